The highest BCUT2D eigenvalue weighted by atomic mass is 32.2. The average molecular weight is 443 g/mol. The fourth-order valence-corrected chi connectivity index (χ4v) is 5.79. The van der Waals surface area contributed by atoms with Crippen LogP contribution in [0.3, 0.4) is 0 Å². The monoisotopic (exact) mass is 442 g/mol. The predicted molar refractivity (Wildman–Crippen MR) is 122 cm³/mol. The van der Waals surface area contributed by atoms with Crippen molar-refractivity contribution in [1.82, 2.24) is 9.29 Å². The van der Waals surface area contributed by atoms with Gasteiger partial charge >= 0.3 is 0 Å². The molecule has 1 N–H and O–H groups in total. The smallest absolute Gasteiger partial charge is 0.243 e. The first-order valence-corrected chi connectivity index (χ1v) is 12.4. The molecule has 0 aliphatic carbocycles. The molecule has 1 amide bonds. The van der Waals surface area contributed by atoms with E-state index in [2.05, 4.69) is 15.2 Å². The summed E-state index contributed by atoms with van der Waals surface area (Å²) in [5.41, 5.74) is 3.11. The number of piperidine rings is 1. The van der Waals surface area contributed by atoms with Crippen molar-refractivity contribution in [2.45, 2.75) is 44.4 Å². The summed E-state index contributed by atoms with van der Waals surface area (Å²) in [5, 5.41) is 2.89. The van der Waals surface area contributed by atoms with Crippen LogP contribution in [0.2, 0.25) is 0 Å². The van der Waals surface area contributed by atoms with E-state index in [4.69, 9.17) is 0 Å². The van der Waals surface area contributed by atoms with Gasteiger partial charge in [0.1, 0.15) is 5.82 Å². The van der Waals surface area contributed by atoms with Gasteiger partial charge in [0.05, 0.1) is 16.8 Å². The van der Waals surface area contributed by atoms with E-state index < -0.39 is 10.0 Å². The summed E-state index contributed by atoms with van der Waals surface area (Å²) >= 11 is 0. The molecule has 2 aliphatic heterocycles. The zero-order valence-corrected chi connectivity index (χ0v) is 19.0. The van der Waals surface area contributed by atoms with E-state index in [0.29, 0.717) is 36.6 Å². The lowest BCUT2D eigenvalue weighted by atomic mass is 9.97. The standard InChI is InChI=1S/C23H30N4O3S/c1-17-5-7-21(15-18(17)2)31(29,30)27-13-9-19(10-14-27)23(28)25-22-8-6-20(16-24-22)26-11-3-4-12-26/h5-8,15-16,19H,3-4,9-14H2,1-2H3,(H,24,25,28). The number of hydrogen-bond donors (Lipinski definition) is 1. The lowest BCUT2D eigenvalue weighted by Gasteiger charge is -2.30. The van der Waals surface area contributed by atoms with Crippen molar-refractivity contribution in [2.75, 3.05) is 36.4 Å². The van der Waals surface area contributed by atoms with Gasteiger partial charge < -0.3 is 10.2 Å². The summed E-state index contributed by atoms with van der Waals surface area (Å²) in [5.74, 6) is 0.231. The number of aryl methyl sites for hydroxylation is 2. The zero-order chi connectivity index (χ0) is 22.0. The Balaban J connectivity index is 1.33. The number of nitrogens with zero attached hydrogens (tertiary/aromatic N) is 3. The number of carbonyl (C=O) groups excluding carboxylic acids is 1. The Morgan fingerprint density at radius 2 is 1.71 bits per heavy atom. The van der Waals surface area contributed by atoms with Gasteiger partial charge in [-0.3, -0.25) is 4.79 Å². The molecule has 1 aromatic carbocycles. The Labute approximate surface area is 184 Å². The molecule has 0 atom stereocenters. The number of carbonyl (C=O) groups is 1. The Kier molecular flexibility index (Phi) is 6.29. The number of nitrogens with one attached hydrogen (secondary N) is 1. The lowest BCUT2D eigenvalue weighted by molar-refractivity contribution is -0.120. The highest BCUT2D eigenvalue weighted by molar-refractivity contribution is 7.89. The van der Waals surface area contributed by atoms with Gasteiger partial charge in [0.15, 0.2) is 0 Å². The van der Waals surface area contributed by atoms with Crippen LogP contribution in [-0.2, 0) is 14.8 Å². The van der Waals surface area contributed by atoms with Crippen molar-refractivity contribution in [3.8, 4) is 0 Å². The largest absolute Gasteiger partial charge is 0.370 e. The second kappa shape index (κ2) is 8.96. The molecule has 3 heterocycles. The minimum absolute atomic E-state index is 0.0929. The number of anilines is 2. The third-order valence-corrected chi connectivity index (χ3v) is 8.31. The van der Waals surface area contributed by atoms with E-state index >= 15 is 0 Å². The first-order valence-electron chi connectivity index (χ1n) is 10.9. The molecule has 7 nitrogen and oxygen atoms in total. The van der Waals surface area contributed by atoms with Crippen molar-refractivity contribution >= 4 is 27.4 Å². The molecular weight excluding hydrogens is 412 g/mol. The van der Waals surface area contributed by atoms with Crippen LogP contribution in [0.5, 0.6) is 0 Å². The summed E-state index contributed by atoms with van der Waals surface area (Å²) in [4.78, 5) is 19.7. The van der Waals surface area contributed by atoms with Crippen molar-refractivity contribution in [1.29, 1.82) is 0 Å². The molecule has 0 radical (unpaired) electrons. The maximum absolute atomic E-state index is 13.0. The Bertz CT molecular complexity index is 1040. The molecule has 8 heteroatoms. The number of amides is 1. The predicted octanol–water partition coefficient (Wildman–Crippen LogP) is 3.34. The minimum Gasteiger partial charge on any atom is -0.370 e. The molecule has 31 heavy (non-hydrogen) atoms. The van der Waals surface area contributed by atoms with E-state index in [1.54, 1.807) is 18.3 Å². The Morgan fingerprint density at radius 1 is 1.00 bits per heavy atom. The number of pyridine rings is 1. The number of rotatable bonds is 5. The van der Waals surface area contributed by atoms with Crippen molar-refractivity contribution in [3.63, 3.8) is 0 Å². The summed E-state index contributed by atoms with van der Waals surface area (Å²) in [6, 6.07) is 9.05. The zero-order valence-electron chi connectivity index (χ0n) is 18.2. The molecule has 0 saturated carbocycles. The molecule has 2 aliphatic rings. The van der Waals surface area contributed by atoms with Crippen LogP contribution in [0.1, 0.15) is 36.8 Å². The van der Waals surface area contributed by atoms with Gasteiger partial charge in [-0.1, -0.05) is 6.07 Å². The third-order valence-electron chi connectivity index (χ3n) is 6.41. The fraction of sp³-hybridized carbons (Fsp3) is 0.478. The SMILES string of the molecule is Cc1ccc(S(=O)(=O)N2CCC(C(=O)Nc3ccc(N4CCCC4)cn3)CC2)cc1C. The molecule has 166 valence electrons. The Hall–Kier alpha value is -2.45. The molecule has 2 fully saturated rings. The highest BCUT2D eigenvalue weighted by Crippen LogP contribution is 2.26. The third kappa shape index (κ3) is 4.75. The van der Waals surface area contributed by atoms with Gasteiger partial charge in [-0.25, -0.2) is 13.4 Å². The van der Waals surface area contributed by atoms with Gasteiger partial charge in [-0.05, 0) is 74.9 Å². The summed E-state index contributed by atoms with van der Waals surface area (Å²) in [6.07, 6.45) is 5.22. The summed E-state index contributed by atoms with van der Waals surface area (Å²) in [6.45, 7) is 6.67. The molecule has 2 saturated heterocycles. The van der Waals surface area contributed by atoms with E-state index in [0.717, 1.165) is 29.9 Å². The van der Waals surface area contributed by atoms with Crippen LogP contribution in [0.25, 0.3) is 0 Å². The number of benzene rings is 1. The Morgan fingerprint density at radius 3 is 2.32 bits per heavy atom. The average Bonchev–Trinajstić information content (AvgIpc) is 3.31. The van der Waals surface area contributed by atoms with Gasteiger partial charge in [0, 0.05) is 32.1 Å². The van der Waals surface area contributed by atoms with Crippen LogP contribution >= 0.6 is 0 Å². The molecule has 0 unspecified atom stereocenters. The first-order chi connectivity index (χ1) is 14.8. The van der Waals surface area contributed by atoms with Crippen LogP contribution in [0, 0.1) is 19.8 Å². The molecule has 4 rings (SSSR count). The summed E-state index contributed by atoms with van der Waals surface area (Å²) in [7, 11) is -3.54. The quantitative estimate of drug-likeness (QED) is 0.768. The molecule has 0 spiro atoms. The number of hydrogen-bond acceptors (Lipinski definition) is 5. The lowest BCUT2D eigenvalue weighted by Crippen LogP contribution is -2.41. The molecular formula is C23H30N4O3S. The van der Waals surface area contributed by atoms with Crippen molar-refractivity contribution in [3.05, 3.63) is 47.7 Å². The van der Waals surface area contributed by atoms with Crippen LogP contribution in [-0.4, -0.2) is 49.8 Å². The maximum atomic E-state index is 13.0. The summed E-state index contributed by atoms with van der Waals surface area (Å²) < 4.78 is 27.4. The minimum atomic E-state index is -3.54. The van der Waals surface area contributed by atoms with Gasteiger partial charge in [-0.15, -0.1) is 0 Å². The maximum Gasteiger partial charge on any atom is 0.243 e. The van der Waals surface area contributed by atoms with Gasteiger partial charge in [0.2, 0.25) is 15.9 Å². The normalized spacial score (nSPS) is 18.3. The highest BCUT2D eigenvalue weighted by Gasteiger charge is 2.32. The van der Waals surface area contributed by atoms with E-state index in [1.165, 1.54) is 17.1 Å². The van der Waals surface area contributed by atoms with Crippen LogP contribution in [0.15, 0.2) is 41.4 Å². The van der Waals surface area contributed by atoms with E-state index in [9.17, 15) is 13.2 Å². The van der Waals surface area contributed by atoms with E-state index in [-0.39, 0.29) is 11.8 Å². The van der Waals surface area contributed by atoms with Gasteiger partial charge in [0.25, 0.3) is 0 Å². The second-order valence-electron chi connectivity index (χ2n) is 8.51. The topological polar surface area (TPSA) is 82.6 Å². The first kappa shape index (κ1) is 21.8. The van der Waals surface area contributed by atoms with Crippen LogP contribution < -0.4 is 10.2 Å². The number of aromatic nitrogens is 1. The fourth-order valence-electron chi connectivity index (χ4n) is 4.23. The number of sulfonamides is 1. The van der Waals surface area contributed by atoms with Gasteiger partial charge in [-0.2, -0.15) is 4.31 Å². The molecule has 0 bridgehead atoms. The van der Waals surface area contributed by atoms with Crippen LogP contribution in [0.4, 0.5) is 11.5 Å². The van der Waals surface area contributed by atoms with Crippen molar-refractivity contribution < 1.29 is 13.2 Å². The van der Waals surface area contributed by atoms with E-state index in [1.807, 2.05) is 32.0 Å². The van der Waals surface area contributed by atoms with Crippen molar-refractivity contribution in [2.24, 2.45) is 5.92 Å². The molecule has 1 aromatic heterocycles. The second-order valence-corrected chi connectivity index (χ2v) is 10.4. The molecule has 2 aromatic rings.